The average molecular weight is 265 g/mol. The highest BCUT2D eigenvalue weighted by Crippen LogP contribution is 2.34. The molecule has 0 spiro atoms. The Labute approximate surface area is 111 Å². The van der Waals surface area contributed by atoms with Gasteiger partial charge >= 0.3 is 6.03 Å². The molecule has 19 heavy (non-hydrogen) atoms. The second-order valence-corrected chi connectivity index (χ2v) is 4.71. The number of carbonyl (C=O) groups excluding carboxylic acids is 1. The molecule has 4 N–H and O–H groups in total. The van der Waals surface area contributed by atoms with Gasteiger partial charge in [0.15, 0.2) is 0 Å². The minimum absolute atomic E-state index is 0.115. The van der Waals surface area contributed by atoms with Crippen molar-refractivity contribution in [1.29, 1.82) is 0 Å². The fourth-order valence-corrected chi connectivity index (χ4v) is 2.53. The van der Waals surface area contributed by atoms with Crippen molar-refractivity contribution in [1.82, 2.24) is 15.6 Å². The predicted octanol–water partition coefficient (Wildman–Crippen LogP) is -0.0216. The van der Waals surface area contributed by atoms with Crippen LogP contribution in [0.25, 0.3) is 0 Å². The van der Waals surface area contributed by atoms with Gasteiger partial charge in [-0.25, -0.2) is 4.79 Å². The van der Waals surface area contributed by atoms with Gasteiger partial charge in [0.05, 0.1) is 12.1 Å². The van der Waals surface area contributed by atoms with Gasteiger partial charge in [-0.1, -0.05) is 0 Å². The molecule has 6 heteroatoms. The maximum atomic E-state index is 11.6. The van der Waals surface area contributed by atoms with Crippen molar-refractivity contribution < 1.29 is 15.0 Å². The lowest BCUT2D eigenvalue weighted by atomic mass is 9.94. The van der Waals surface area contributed by atoms with Crippen molar-refractivity contribution in [3.8, 4) is 0 Å². The second kappa shape index (κ2) is 5.99. The van der Waals surface area contributed by atoms with Gasteiger partial charge in [0.2, 0.25) is 0 Å². The van der Waals surface area contributed by atoms with Crippen LogP contribution in [0.15, 0.2) is 24.5 Å². The van der Waals surface area contributed by atoms with E-state index in [1.807, 2.05) is 19.1 Å². The number of pyridine rings is 1. The van der Waals surface area contributed by atoms with Gasteiger partial charge in [-0.15, -0.1) is 0 Å². The summed E-state index contributed by atoms with van der Waals surface area (Å²) in [4.78, 5) is 15.5. The number of hydrogen-bond acceptors (Lipinski definition) is 4. The van der Waals surface area contributed by atoms with E-state index in [9.17, 15) is 15.0 Å². The Bertz CT molecular complexity index is 426. The maximum Gasteiger partial charge on any atom is 0.315 e. The third-order valence-corrected chi connectivity index (χ3v) is 3.46. The fourth-order valence-electron chi connectivity index (χ4n) is 2.53. The molecule has 0 radical (unpaired) electrons. The number of nitrogens with one attached hydrogen (secondary N) is 2. The molecule has 1 aromatic rings. The second-order valence-electron chi connectivity index (χ2n) is 4.71. The number of aliphatic hydroxyl groups is 2. The van der Waals surface area contributed by atoms with Crippen LogP contribution in [0.5, 0.6) is 0 Å². The Morgan fingerprint density at radius 1 is 1.42 bits per heavy atom. The van der Waals surface area contributed by atoms with Gasteiger partial charge in [-0.2, -0.15) is 0 Å². The Balaban J connectivity index is 2.14. The van der Waals surface area contributed by atoms with E-state index in [0.717, 1.165) is 5.56 Å². The molecule has 0 aromatic carbocycles. The topological polar surface area (TPSA) is 94.5 Å². The summed E-state index contributed by atoms with van der Waals surface area (Å²) in [6.45, 7) is 2.33. The number of amides is 2. The number of hydrogen-bond donors (Lipinski definition) is 4. The third kappa shape index (κ3) is 3.02. The molecule has 1 aliphatic carbocycles. The SMILES string of the molecule is CCNC(=O)N[C@H]1[C@H](O)[C@H](O)C[C@@H]1c1ccncc1. The van der Waals surface area contributed by atoms with E-state index < -0.39 is 18.2 Å². The van der Waals surface area contributed by atoms with Crippen LogP contribution in [0.3, 0.4) is 0 Å². The molecule has 1 heterocycles. The highest BCUT2D eigenvalue weighted by atomic mass is 16.3. The number of carbonyl (C=O) groups is 1. The van der Waals surface area contributed by atoms with E-state index in [1.165, 1.54) is 0 Å². The molecule has 104 valence electrons. The van der Waals surface area contributed by atoms with E-state index in [-0.39, 0.29) is 11.9 Å². The van der Waals surface area contributed by atoms with Crippen molar-refractivity contribution in [3.63, 3.8) is 0 Å². The van der Waals surface area contributed by atoms with Crippen LogP contribution < -0.4 is 10.6 Å². The molecule has 1 aliphatic rings. The molecular weight excluding hydrogens is 246 g/mol. The standard InChI is InChI=1S/C13H19N3O3/c1-2-15-13(19)16-11-9(7-10(17)12(11)18)8-3-5-14-6-4-8/h3-6,9-12,17-18H,2,7H2,1H3,(H2,15,16,19)/t9-,10-,11-,12-/m1/s1. The molecule has 0 unspecified atom stereocenters. The normalized spacial score (nSPS) is 30.1. The van der Waals surface area contributed by atoms with Crippen molar-refractivity contribution in [3.05, 3.63) is 30.1 Å². The summed E-state index contributed by atoms with van der Waals surface area (Å²) in [5.41, 5.74) is 0.951. The first kappa shape index (κ1) is 13.8. The molecule has 0 aliphatic heterocycles. The van der Waals surface area contributed by atoms with Gasteiger partial charge in [-0.05, 0) is 31.0 Å². The smallest absolute Gasteiger partial charge is 0.315 e. The quantitative estimate of drug-likeness (QED) is 0.617. The van der Waals surface area contributed by atoms with Gasteiger partial charge in [0, 0.05) is 24.9 Å². The van der Waals surface area contributed by atoms with Crippen molar-refractivity contribution in [2.45, 2.75) is 37.5 Å². The predicted molar refractivity (Wildman–Crippen MR) is 69.6 cm³/mol. The van der Waals surface area contributed by atoms with E-state index in [0.29, 0.717) is 13.0 Å². The summed E-state index contributed by atoms with van der Waals surface area (Å²) < 4.78 is 0. The lowest BCUT2D eigenvalue weighted by molar-refractivity contribution is 0.0319. The van der Waals surface area contributed by atoms with Crippen molar-refractivity contribution in [2.75, 3.05) is 6.54 Å². The van der Waals surface area contributed by atoms with E-state index in [4.69, 9.17) is 0 Å². The van der Waals surface area contributed by atoms with Crippen LogP contribution in [-0.2, 0) is 0 Å². The maximum absolute atomic E-state index is 11.6. The van der Waals surface area contributed by atoms with E-state index in [1.54, 1.807) is 12.4 Å². The molecule has 0 saturated heterocycles. The molecule has 2 amide bonds. The molecule has 2 rings (SSSR count). The molecule has 1 aromatic heterocycles. The number of aliphatic hydroxyl groups excluding tert-OH is 2. The largest absolute Gasteiger partial charge is 0.390 e. The lowest BCUT2D eigenvalue weighted by Crippen LogP contribution is -2.49. The number of aromatic nitrogens is 1. The van der Waals surface area contributed by atoms with Crippen LogP contribution in [0.2, 0.25) is 0 Å². The molecule has 1 fully saturated rings. The van der Waals surface area contributed by atoms with Gasteiger partial charge in [0.25, 0.3) is 0 Å². The highest BCUT2D eigenvalue weighted by Gasteiger charge is 2.43. The Kier molecular flexibility index (Phi) is 4.34. The fraction of sp³-hybridized carbons (Fsp3) is 0.538. The van der Waals surface area contributed by atoms with Crippen molar-refractivity contribution in [2.24, 2.45) is 0 Å². The summed E-state index contributed by atoms with van der Waals surface area (Å²) in [5.74, 6) is -0.115. The summed E-state index contributed by atoms with van der Waals surface area (Å²) in [5, 5.41) is 25.2. The van der Waals surface area contributed by atoms with E-state index in [2.05, 4.69) is 15.6 Å². The summed E-state index contributed by atoms with van der Waals surface area (Å²) >= 11 is 0. The lowest BCUT2D eigenvalue weighted by Gasteiger charge is -2.23. The first-order valence-electron chi connectivity index (χ1n) is 6.44. The molecule has 1 saturated carbocycles. The minimum Gasteiger partial charge on any atom is -0.390 e. The molecular formula is C13H19N3O3. The van der Waals surface area contributed by atoms with Crippen LogP contribution in [0, 0.1) is 0 Å². The molecule has 0 bridgehead atoms. The monoisotopic (exact) mass is 265 g/mol. The van der Waals surface area contributed by atoms with E-state index >= 15 is 0 Å². The first-order valence-corrected chi connectivity index (χ1v) is 6.44. The van der Waals surface area contributed by atoms with Gasteiger partial charge < -0.3 is 20.8 Å². The Morgan fingerprint density at radius 3 is 2.74 bits per heavy atom. The molecule has 6 nitrogen and oxygen atoms in total. The molecule has 4 atom stereocenters. The number of nitrogens with zero attached hydrogens (tertiary/aromatic N) is 1. The minimum atomic E-state index is -0.958. The van der Waals surface area contributed by atoms with Crippen LogP contribution in [-0.4, -0.2) is 46.0 Å². The zero-order valence-electron chi connectivity index (χ0n) is 10.8. The number of urea groups is 1. The average Bonchev–Trinajstić information content (AvgIpc) is 2.68. The summed E-state index contributed by atoms with van der Waals surface area (Å²) in [7, 11) is 0. The van der Waals surface area contributed by atoms with Gasteiger partial charge in [-0.3, -0.25) is 4.98 Å². The van der Waals surface area contributed by atoms with Crippen LogP contribution in [0.4, 0.5) is 4.79 Å². The summed E-state index contributed by atoms with van der Waals surface area (Å²) in [6, 6.07) is 2.84. The van der Waals surface area contributed by atoms with Crippen LogP contribution in [0.1, 0.15) is 24.8 Å². The Morgan fingerprint density at radius 2 is 2.11 bits per heavy atom. The zero-order valence-corrected chi connectivity index (χ0v) is 10.8. The zero-order chi connectivity index (χ0) is 13.8. The van der Waals surface area contributed by atoms with Gasteiger partial charge in [0.1, 0.15) is 6.10 Å². The van der Waals surface area contributed by atoms with Crippen molar-refractivity contribution >= 4 is 6.03 Å². The number of rotatable bonds is 3. The third-order valence-electron chi connectivity index (χ3n) is 3.46. The Hall–Kier alpha value is -1.66. The van der Waals surface area contributed by atoms with Crippen LogP contribution >= 0.6 is 0 Å². The highest BCUT2D eigenvalue weighted by molar-refractivity contribution is 5.74. The first-order chi connectivity index (χ1) is 9.13. The summed E-state index contributed by atoms with van der Waals surface area (Å²) in [6.07, 6.45) is 1.96.